The van der Waals surface area contributed by atoms with E-state index >= 15 is 0 Å². The second kappa shape index (κ2) is 18.2. The molecule has 0 amide bonds. The molecule has 0 aromatic rings. The van der Waals surface area contributed by atoms with Crippen LogP contribution in [0, 0.1) is 11.3 Å². The van der Waals surface area contributed by atoms with Gasteiger partial charge >= 0.3 is 0 Å². The molecule has 0 saturated carbocycles. The topological polar surface area (TPSA) is 23.8 Å². The molecule has 0 spiro atoms. The Morgan fingerprint density at radius 3 is 1.55 bits per heavy atom. The van der Waals surface area contributed by atoms with Gasteiger partial charge in [-0.1, -0.05) is 96.1 Å². The molecule has 0 unspecified atom stereocenters. The second-order valence-electron chi connectivity index (χ2n) is 5.86. The molecular formula is C19H35N. The van der Waals surface area contributed by atoms with Gasteiger partial charge < -0.3 is 0 Å². The summed E-state index contributed by atoms with van der Waals surface area (Å²) in [7, 11) is 0. The monoisotopic (exact) mass is 277 g/mol. The quantitative estimate of drug-likeness (QED) is 0.235. The van der Waals surface area contributed by atoms with Gasteiger partial charge in [-0.15, -0.1) is 0 Å². The van der Waals surface area contributed by atoms with E-state index in [0.717, 1.165) is 6.42 Å². The zero-order chi connectivity index (χ0) is 14.7. The fourth-order valence-electron chi connectivity index (χ4n) is 2.53. The van der Waals surface area contributed by atoms with Crippen molar-refractivity contribution in [1.82, 2.24) is 0 Å². The van der Waals surface area contributed by atoms with Gasteiger partial charge in [-0.2, -0.15) is 5.26 Å². The molecular weight excluding hydrogens is 242 g/mol. The molecule has 1 heteroatoms. The van der Waals surface area contributed by atoms with Gasteiger partial charge in [0.15, 0.2) is 0 Å². The van der Waals surface area contributed by atoms with Crippen molar-refractivity contribution < 1.29 is 0 Å². The fourth-order valence-corrected chi connectivity index (χ4v) is 2.53. The molecule has 116 valence electrons. The SMILES string of the molecule is CCCCCCCCCCCCCCC/C=C/CC#N. The Kier molecular flexibility index (Phi) is 17.5. The van der Waals surface area contributed by atoms with E-state index in [2.05, 4.69) is 19.1 Å². The molecule has 0 aromatic carbocycles. The summed E-state index contributed by atoms with van der Waals surface area (Å²) in [5.41, 5.74) is 0. The van der Waals surface area contributed by atoms with Crippen LogP contribution in [0.25, 0.3) is 0 Å². The zero-order valence-electron chi connectivity index (χ0n) is 13.7. The van der Waals surface area contributed by atoms with Crippen LogP contribution in [-0.2, 0) is 0 Å². The number of nitriles is 1. The third-order valence-corrected chi connectivity index (χ3v) is 3.85. The lowest BCUT2D eigenvalue weighted by molar-refractivity contribution is 0.540. The van der Waals surface area contributed by atoms with Gasteiger partial charge in [-0.25, -0.2) is 0 Å². The van der Waals surface area contributed by atoms with E-state index in [4.69, 9.17) is 5.26 Å². The van der Waals surface area contributed by atoms with Crippen LogP contribution in [0.1, 0.15) is 103 Å². The number of hydrogen-bond donors (Lipinski definition) is 0. The lowest BCUT2D eigenvalue weighted by Gasteiger charge is -2.02. The Hall–Kier alpha value is -0.770. The molecule has 0 saturated heterocycles. The van der Waals surface area contributed by atoms with Crippen LogP contribution < -0.4 is 0 Å². The number of rotatable bonds is 15. The lowest BCUT2D eigenvalue weighted by atomic mass is 10.0. The first kappa shape index (κ1) is 19.2. The summed E-state index contributed by atoms with van der Waals surface area (Å²) in [6.07, 6.45) is 24.2. The van der Waals surface area contributed by atoms with E-state index in [9.17, 15) is 0 Å². The molecule has 20 heavy (non-hydrogen) atoms. The molecule has 0 atom stereocenters. The molecule has 0 N–H and O–H groups in total. The van der Waals surface area contributed by atoms with Gasteiger partial charge in [0.1, 0.15) is 0 Å². The van der Waals surface area contributed by atoms with Crippen LogP contribution in [0.5, 0.6) is 0 Å². The van der Waals surface area contributed by atoms with Gasteiger partial charge in [-0.05, 0) is 12.8 Å². The van der Waals surface area contributed by atoms with Crippen molar-refractivity contribution in [2.45, 2.75) is 103 Å². The molecule has 0 aliphatic carbocycles. The normalized spacial score (nSPS) is 11.0. The maximum absolute atomic E-state index is 8.38. The predicted molar refractivity (Wildman–Crippen MR) is 89.7 cm³/mol. The molecule has 0 radical (unpaired) electrons. The summed E-state index contributed by atoms with van der Waals surface area (Å²) in [5, 5.41) is 8.38. The van der Waals surface area contributed by atoms with Gasteiger partial charge in [0.2, 0.25) is 0 Å². The summed E-state index contributed by atoms with van der Waals surface area (Å²) >= 11 is 0. The van der Waals surface area contributed by atoms with Crippen LogP contribution in [0.3, 0.4) is 0 Å². The van der Waals surface area contributed by atoms with Crippen molar-refractivity contribution in [3.8, 4) is 6.07 Å². The van der Waals surface area contributed by atoms with Gasteiger partial charge in [-0.3, -0.25) is 0 Å². The summed E-state index contributed by atoms with van der Waals surface area (Å²) in [6, 6.07) is 2.13. The summed E-state index contributed by atoms with van der Waals surface area (Å²) in [6.45, 7) is 2.28. The van der Waals surface area contributed by atoms with Crippen molar-refractivity contribution in [2.75, 3.05) is 0 Å². The predicted octanol–water partition coefficient (Wildman–Crippen LogP) is 6.94. The Morgan fingerprint density at radius 1 is 0.650 bits per heavy atom. The van der Waals surface area contributed by atoms with Crippen LogP contribution >= 0.6 is 0 Å². The molecule has 0 bridgehead atoms. The van der Waals surface area contributed by atoms with Gasteiger partial charge in [0, 0.05) is 0 Å². The van der Waals surface area contributed by atoms with Gasteiger partial charge in [0.05, 0.1) is 12.5 Å². The molecule has 0 rings (SSSR count). The highest BCUT2D eigenvalue weighted by Crippen LogP contribution is 2.12. The minimum Gasteiger partial charge on any atom is -0.198 e. The average molecular weight is 277 g/mol. The van der Waals surface area contributed by atoms with E-state index in [1.54, 1.807) is 0 Å². The maximum atomic E-state index is 8.38. The summed E-state index contributed by atoms with van der Waals surface area (Å²) in [5.74, 6) is 0. The van der Waals surface area contributed by atoms with Crippen LogP contribution in [-0.4, -0.2) is 0 Å². The van der Waals surface area contributed by atoms with E-state index < -0.39 is 0 Å². The second-order valence-corrected chi connectivity index (χ2v) is 5.86. The van der Waals surface area contributed by atoms with Crippen molar-refractivity contribution in [3.63, 3.8) is 0 Å². The fraction of sp³-hybridized carbons (Fsp3) is 0.842. The third kappa shape index (κ3) is 17.2. The van der Waals surface area contributed by atoms with Crippen LogP contribution in [0.4, 0.5) is 0 Å². The average Bonchev–Trinajstić information content (AvgIpc) is 2.47. The Balaban J connectivity index is 2.98. The van der Waals surface area contributed by atoms with E-state index in [1.807, 2.05) is 6.08 Å². The Labute approximate surface area is 127 Å². The first-order valence-electron chi connectivity index (χ1n) is 8.93. The number of unbranched alkanes of at least 4 members (excludes halogenated alkanes) is 13. The minimum absolute atomic E-state index is 0.568. The molecule has 0 aliphatic heterocycles. The highest BCUT2D eigenvalue weighted by atomic mass is 14.2. The number of hydrogen-bond acceptors (Lipinski definition) is 1. The molecule has 1 nitrogen and oxygen atoms in total. The van der Waals surface area contributed by atoms with Crippen molar-refractivity contribution in [2.24, 2.45) is 0 Å². The van der Waals surface area contributed by atoms with Crippen molar-refractivity contribution >= 4 is 0 Å². The minimum atomic E-state index is 0.568. The standard InChI is InChI=1S/C19H35N/c1-2-3-4-5-6-7-8-9-10-11-12-13-14-15-16-17-18-19-20/h16-17H,2-15,18H2,1H3/b17-16+. The molecule has 0 fully saturated rings. The molecule has 0 aliphatic rings. The largest absolute Gasteiger partial charge is 0.198 e. The number of nitrogens with zero attached hydrogens (tertiary/aromatic N) is 1. The molecule has 0 aromatic heterocycles. The molecule has 0 heterocycles. The van der Waals surface area contributed by atoms with Crippen molar-refractivity contribution in [3.05, 3.63) is 12.2 Å². The van der Waals surface area contributed by atoms with E-state index in [-0.39, 0.29) is 0 Å². The van der Waals surface area contributed by atoms with Gasteiger partial charge in [0.25, 0.3) is 0 Å². The Morgan fingerprint density at radius 2 is 1.10 bits per heavy atom. The van der Waals surface area contributed by atoms with Crippen LogP contribution in [0.2, 0.25) is 0 Å². The van der Waals surface area contributed by atoms with E-state index in [0.29, 0.717) is 6.42 Å². The highest BCUT2D eigenvalue weighted by Gasteiger charge is 1.93. The summed E-state index contributed by atoms with van der Waals surface area (Å²) in [4.78, 5) is 0. The lowest BCUT2D eigenvalue weighted by Crippen LogP contribution is -1.82. The Bertz CT molecular complexity index is 237. The summed E-state index contributed by atoms with van der Waals surface area (Å²) < 4.78 is 0. The maximum Gasteiger partial charge on any atom is 0.0663 e. The number of allylic oxidation sites excluding steroid dienone is 2. The van der Waals surface area contributed by atoms with Crippen molar-refractivity contribution in [1.29, 1.82) is 5.26 Å². The third-order valence-electron chi connectivity index (χ3n) is 3.85. The van der Waals surface area contributed by atoms with Crippen LogP contribution in [0.15, 0.2) is 12.2 Å². The van der Waals surface area contributed by atoms with E-state index in [1.165, 1.54) is 83.5 Å². The first-order chi connectivity index (χ1) is 9.91. The smallest absolute Gasteiger partial charge is 0.0663 e. The first-order valence-corrected chi connectivity index (χ1v) is 8.93. The highest BCUT2D eigenvalue weighted by molar-refractivity contribution is 4.90. The zero-order valence-corrected chi connectivity index (χ0v) is 13.7.